The summed E-state index contributed by atoms with van der Waals surface area (Å²) in [5, 5.41) is 23.4. The molecule has 2 N–H and O–H groups in total. The van der Waals surface area contributed by atoms with Crippen LogP contribution in [0.1, 0.15) is 26.7 Å². The van der Waals surface area contributed by atoms with Gasteiger partial charge in [-0.25, -0.2) is 0 Å². The first-order chi connectivity index (χ1) is 9.36. The molecular weight excluding hydrogens is 284 g/mol. The molecule has 0 saturated heterocycles. The fourth-order valence-corrected chi connectivity index (χ4v) is 2.11. The van der Waals surface area contributed by atoms with E-state index >= 15 is 0 Å². The fourth-order valence-electron chi connectivity index (χ4n) is 1.95. The number of carboxylic acids is 1. The third-order valence-corrected chi connectivity index (χ3v) is 3.82. The zero-order valence-corrected chi connectivity index (χ0v) is 12.1. The molecule has 1 aromatic rings. The average Bonchev–Trinajstić information content (AvgIpc) is 2.41. The standard InChI is InChI=1S/C13H17ClN2O4/c1-3-13(4-2,12(17)18)8-15-10-6-5-9(14)7-11(10)16(19)20/h5-7,15H,3-4,8H2,1-2H3,(H,17,18). The van der Waals surface area contributed by atoms with Crippen LogP contribution in [0.5, 0.6) is 0 Å². The Kier molecular flexibility index (Phi) is 5.33. The molecule has 110 valence electrons. The van der Waals surface area contributed by atoms with Crippen LogP contribution < -0.4 is 5.32 Å². The molecule has 0 fully saturated rings. The van der Waals surface area contributed by atoms with E-state index in [1.165, 1.54) is 18.2 Å². The van der Waals surface area contributed by atoms with Gasteiger partial charge in [-0.3, -0.25) is 14.9 Å². The van der Waals surface area contributed by atoms with Crippen molar-refractivity contribution in [1.82, 2.24) is 0 Å². The number of aliphatic carboxylic acids is 1. The third kappa shape index (κ3) is 3.39. The molecule has 7 heteroatoms. The lowest BCUT2D eigenvalue weighted by molar-refractivity contribution is -0.384. The molecule has 1 aromatic carbocycles. The molecule has 0 bridgehead atoms. The highest BCUT2D eigenvalue weighted by atomic mass is 35.5. The van der Waals surface area contributed by atoms with Gasteiger partial charge in [0.1, 0.15) is 5.69 Å². The van der Waals surface area contributed by atoms with Crippen LogP contribution in [0.4, 0.5) is 11.4 Å². The first kappa shape index (κ1) is 16.2. The Hall–Kier alpha value is -1.82. The SMILES string of the molecule is CCC(CC)(CNc1ccc(Cl)cc1[N+](=O)[O-])C(=O)O. The number of nitrogens with one attached hydrogen (secondary N) is 1. The zero-order valence-electron chi connectivity index (χ0n) is 11.4. The van der Waals surface area contributed by atoms with Crippen LogP contribution in [0.15, 0.2) is 18.2 Å². The summed E-state index contributed by atoms with van der Waals surface area (Å²) in [6, 6.07) is 4.25. The number of carboxylic acid groups (broad SMARTS) is 1. The van der Waals surface area contributed by atoms with Crippen LogP contribution in [0.3, 0.4) is 0 Å². The molecule has 20 heavy (non-hydrogen) atoms. The summed E-state index contributed by atoms with van der Waals surface area (Å²) in [6.07, 6.45) is 0.875. The van der Waals surface area contributed by atoms with Crippen LogP contribution >= 0.6 is 11.6 Å². The minimum absolute atomic E-state index is 0.123. The second-order valence-electron chi connectivity index (χ2n) is 4.56. The van der Waals surface area contributed by atoms with Crippen molar-refractivity contribution in [3.05, 3.63) is 33.3 Å². The quantitative estimate of drug-likeness (QED) is 0.593. The van der Waals surface area contributed by atoms with Gasteiger partial charge in [-0.05, 0) is 25.0 Å². The monoisotopic (exact) mass is 300 g/mol. The summed E-state index contributed by atoms with van der Waals surface area (Å²) in [4.78, 5) is 21.8. The fraction of sp³-hybridized carbons (Fsp3) is 0.462. The summed E-state index contributed by atoms with van der Waals surface area (Å²) in [5.74, 6) is -0.911. The molecule has 0 atom stereocenters. The molecule has 0 aliphatic rings. The minimum Gasteiger partial charge on any atom is -0.481 e. The molecule has 0 spiro atoms. The first-order valence-corrected chi connectivity index (χ1v) is 6.65. The van der Waals surface area contributed by atoms with Gasteiger partial charge in [-0.1, -0.05) is 25.4 Å². The van der Waals surface area contributed by atoms with E-state index in [-0.39, 0.29) is 22.9 Å². The van der Waals surface area contributed by atoms with Crippen molar-refractivity contribution in [2.24, 2.45) is 5.41 Å². The van der Waals surface area contributed by atoms with Crippen LogP contribution in [-0.2, 0) is 4.79 Å². The Bertz CT molecular complexity index is 515. The third-order valence-electron chi connectivity index (χ3n) is 3.58. The number of anilines is 1. The zero-order chi connectivity index (χ0) is 15.3. The Morgan fingerprint density at radius 1 is 1.45 bits per heavy atom. The van der Waals surface area contributed by atoms with Gasteiger partial charge in [0.2, 0.25) is 0 Å². The maximum absolute atomic E-state index is 11.4. The van der Waals surface area contributed by atoms with Crippen molar-refractivity contribution in [3.63, 3.8) is 0 Å². The molecule has 0 aromatic heterocycles. The smallest absolute Gasteiger partial charge is 0.311 e. The number of nitro benzene ring substituents is 1. The Morgan fingerprint density at radius 2 is 2.05 bits per heavy atom. The van der Waals surface area contributed by atoms with Crippen molar-refractivity contribution in [1.29, 1.82) is 0 Å². The number of hydrogen-bond donors (Lipinski definition) is 2. The van der Waals surface area contributed by atoms with Crippen molar-refractivity contribution >= 4 is 28.9 Å². The van der Waals surface area contributed by atoms with Crippen molar-refractivity contribution in [3.8, 4) is 0 Å². The summed E-state index contributed by atoms with van der Waals surface area (Å²) in [5.41, 5.74) is -0.830. The van der Waals surface area contributed by atoms with Crippen molar-refractivity contribution in [2.45, 2.75) is 26.7 Å². The van der Waals surface area contributed by atoms with E-state index in [0.717, 1.165) is 0 Å². The van der Waals surface area contributed by atoms with Gasteiger partial charge in [0.25, 0.3) is 5.69 Å². The van der Waals surface area contributed by atoms with Crippen LogP contribution in [0.25, 0.3) is 0 Å². The lowest BCUT2D eigenvalue weighted by Gasteiger charge is -2.27. The number of nitro groups is 1. The van der Waals surface area contributed by atoms with Gasteiger partial charge in [0.05, 0.1) is 10.3 Å². The van der Waals surface area contributed by atoms with Crippen molar-refractivity contribution < 1.29 is 14.8 Å². The Balaban J connectivity index is 2.99. The predicted octanol–water partition coefficient (Wildman–Crippen LogP) is 3.55. The summed E-state index contributed by atoms with van der Waals surface area (Å²) >= 11 is 5.73. The number of benzene rings is 1. The van der Waals surface area contributed by atoms with Crippen LogP contribution in [-0.4, -0.2) is 22.5 Å². The maximum Gasteiger partial charge on any atom is 0.311 e. The second-order valence-corrected chi connectivity index (χ2v) is 5.00. The highest BCUT2D eigenvalue weighted by Crippen LogP contribution is 2.31. The van der Waals surface area contributed by atoms with Crippen LogP contribution in [0, 0.1) is 15.5 Å². The summed E-state index contributed by atoms with van der Waals surface area (Å²) < 4.78 is 0. The number of hydrogen-bond acceptors (Lipinski definition) is 4. The summed E-state index contributed by atoms with van der Waals surface area (Å²) in [6.45, 7) is 3.70. The minimum atomic E-state index is -0.937. The number of nitrogens with zero attached hydrogens (tertiary/aromatic N) is 1. The summed E-state index contributed by atoms with van der Waals surface area (Å²) in [7, 11) is 0. The molecule has 6 nitrogen and oxygen atoms in total. The topological polar surface area (TPSA) is 92.5 Å². The van der Waals surface area contributed by atoms with Gasteiger partial charge in [-0.2, -0.15) is 0 Å². The highest BCUT2D eigenvalue weighted by Gasteiger charge is 2.35. The first-order valence-electron chi connectivity index (χ1n) is 6.27. The normalized spacial score (nSPS) is 11.2. The van der Waals surface area contributed by atoms with E-state index in [4.69, 9.17) is 11.6 Å². The van der Waals surface area contributed by atoms with Gasteiger partial charge in [0.15, 0.2) is 0 Å². The maximum atomic E-state index is 11.4. The van der Waals surface area contributed by atoms with Gasteiger partial charge in [-0.15, -0.1) is 0 Å². The lowest BCUT2D eigenvalue weighted by atomic mass is 9.82. The molecule has 0 amide bonds. The Morgan fingerprint density at radius 3 is 2.50 bits per heavy atom. The van der Waals surface area contributed by atoms with E-state index in [2.05, 4.69) is 5.32 Å². The molecule has 0 aliphatic carbocycles. The van der Waals surface area contributed by atoms with Crippen molar-refractivity contribution in [2.75, 3.05) is 11.9 Å². The Labute approximate surface area is 121 Å². The lowest BCUT2D eigenvalue weighted by Crippen LogP contribution is -2.36. The van der Waals surface area contributed by atoms with Gasteiger partial charge in [0, 0.05) is 17.6 Å². The van der Waals surface area contributed by atoms with E-state index in [1.807, 2.05) is 0 Å². The van der Waals surface area contributed by atoms with E-state index < -0.39 is 16.3 Å². The average molecular weight is 301 g/mol. The molecule has 0 radical (unpaired) electrons. The van der Waals surface area contributed by atoms with Gasteiger partial charge < -0.3 is 10.4 Å². The largest absolute Gasteiger partial charge is 0.481 e. The van der Waals surface area contributed by atoms with Gasteiger partial charge >= 0.3 is 5.97 Å². The molecule has 0 aliphatic heterocycles. The highest BCUT2D eigenvalue weighted by molar-refractivity contribution is 6.30. The molecule has 0 saturated carbocycles. The van der Waals surface area contributed by atoms with E-state index in [0.29, 0.717) is 12.8 Å². The van der Waals surface area contributed by atoms with E-state index in [1.54, 1.807) is 13.8 Å². The van der Waals surface area contributed by atoms with Crippen LogP contribution in [0.2, 0.25) is 5.02 Å². The molecule has 1 rings (SSSR count). The van der Waals surface area contributed by atoms with E-state index in [9.17, 15) is 20.0 Å². The molecule has 0 heterocycles. The molecule has 0 unspecified atom stereocenters. The number of halogens is 1. The number of carbonyl (C=O) groups is 1. The number of rotatable bonds is 7. The molecular formula is C13H17ClN2O4. The second kappa shape index (κ2) is 6.56. The predicted molar refractivity (Wildman–Crippen MR) is 77.2 cm³/mol.